The highest BCUT2D eigenvalue weighted by atomic mass is 32.2. The highest BCUT2D eigenvalue weighted by Crippen LogP contribution is 2.48. The maximum Gasteiger partial charge on any atom is 0.0662 e. The summed E-state index contributed by atoms with van der Waals surface area (Å²) in [5.74, 6) is 1.71. The first-order chi connectivity index (χ1) is 4.70. The fourth-order valence-electron chi connectivity index (χ4n) is 1.88. The lowest BCUT2D eigenvalue weighted by Crippen LogP contribution is -2.47. The zero-order valence-electron chi connectivity index (χ0n) is 6.66. The Labute approximate surface area is 66.3 Å². The zero-order chi connectivity index (χ0) is 7.30. The van der Waals surface area contributed by atoms with Gasteiger partial charge in [-0.05, 0) is 18.8 Å². The van der Waals surface area contributed by atoms with E-state index >= 15 is 0 Å². The quantitative estimate of drug-likeness (QED) is 0.522. The molecule has 1 saturated carbocycles. The van der Waals surface area contributed by atoms with Crippen LogP contribution < -0.4 is 0 Å². The summed E-state index contributed by atoms with van der Waals surface area (Å²) in [6, 6.07) is 0.667. The van der Waals surface area contributed by atoms with Crippen molar-refractivity contribution in [1.29, 1.82) is 0 Å². The molecular formula is C8H13NS. The first-order valence-corrected chi connectivity index (χ1v) is 4.79. The summed E-state index contributed by atoms with van der Waals surface area (Å²) in [7, 11) is 0. The lowest BCUT2D eigenvalue weighted by atomic mass is 9.71. The molecule has 2 heteroatoms. The first kappa shape index (κ1) is 6.71. The Balaban J connectivity index is 2.13. The van der Waals surface area contributed by atoms with Crippen molar-refractivity contribution in [3.8, 4) is 0 Å². The molecule has 0 saturated heterocycles. The van der Waals surface area contributed by atoms with Gasteiger partial charge in [-0.3, -0.25) is 4.99 Å². The second-order valence-corrected chi connectivity index (χ2v) is 4.81. The van der Waals surface area contributed by atoms with Crippen LogP contribution in [0.15, 0.2) is 4.99 Å². The lowest BCUT2D eigenvalue weighted by Gasteiger charge is -2.42. The van der Waals surface area contributed by atoms with E-state index in [9.17, 15) is 0 Å². The average molecular weight is 155 g/mol. The minimum absolute atomic E-state index is 0.667. The van der Waals surface area contributed by atoms with Gasteiger partial charge in [0.05, 0.1) is 11.1 Å². The van der Waals surface area contributed by atoms with Crippen molar-refractivity contribution in [3.63, 3.8) is 0 Å². The predicted molar refractivity (Wildman–Crippen MR) is 46.6 cm³/mol. The van der Waals surface area contributed by atoms with Gasteiger partial charge >= 0.3 is 0 Å². The molecule has 1 aliphatic carbocycles. The van der Waals surface area contributed by atoms with Crippen molar-refractivity contribution in [1.82, 2.24) is 0 Å². The molecule has 4 atom stereocenters. The van der Waals surface area contributed by atoms with Gasteiger partial charge in [0.25, 0.3) is 0 Å². The van der Waals surface area contributed by atoms with E-state index in [1.165, 1.54) is 5.04 Å². The molecule has 2 rings (SSSR count). The Bertz CT molecular complexity index is 188. The summed E-state index contributed by atoms with van der Waals surface area (Å²) < 4.78 is 0. The second-order valence-electron chi connectivity index (χ2n) is 3.44. The van der Waals surface area contributed by atoms with Crippen LogP contribution in [0, 0.1) is 11.8 Å². The van der Waals surface area contributed by atoms with Crippen LogP contribution in [-0.4, -0.2) is 16.3 Å². The van der Waals surface area contributed by atoms with Crippen LogP contribution in [0.2, 0.25) is 0 Å². The van der Waals surface area contributed by atoms with Crippen LogP contribution in [-0.2, 0) is 0 Å². The van der Waals surface area contributed by atoms with E-state index in [0.717, 1.165) is 17.1 Å². The molecule has 3 unspecified atom stereocenters. The Morgan fingerprint density at radius 1 is 1.30 bits per heavy atom. The molecule has 2 aliphatic rings. The number of hydrogen-bond donors (Lipinski definition) is 0. The molecule has 0 bridgehead atoms. The zero-order valence-corrected chi connectivity index (χ0v) is 7.48. The normalized spacial score (nSPS) is 51.7. The molecule has 0 amide bonds. The third kappa shape index (κ3) is 0.685. The Hall–Kier alpha value is 0.0200. The average Bonchev–Trinajstić information content (AvgIpc) is 2.27. The minimum atomic E-state index is 0.667. The number of thioether (sulfide) groups is 1. The monoisotopic (exact) mass is 155 g/mol. The Morgan fingerprint density at radius 2 is 2.00 bits per heavy atom. The van der Waals surface area contributed by atoms with E-state index in [0.29, 0.717) is 6.04 Å². The highest BCUT2D eigenvalue weighted by molar-refractivity contribution is 8.14. The molecule has 0 aromatic rings. The molecule has 56 valence electrons. The summed E-state index contributed by atoms with van der Waals surface area (Å²) in [4.78, 5) is 4.57. The summed E-state index contributed by atoms with van der Waals surface area (Å²) in [5, 5.41) is 2.13. The lowest BCUT2D eigenvalue weighted by molar-refractivity contribution is 0.192. The molecule has 0 N–H and O–H groups in total. The van der Waals surface area contributed by atoms with Gasteiger partial charge in [0.1, 0.15) is 0 Å². The number of rotatable bonds is 0. The van der Waals surface area contributed by atoms with Gasteiger partial charge in [-0.1, -0.05) is 13.8 Å². The van der Waals surface area contributed by atoms with Gasteiger partial charge in [0, 0.05) is 5.25 Å². The summed E-state index contributed by atoms with van der Waals surface area (Å²) in [6.07, 6.45) is 0. The molecule has 10 heavy (non-hydrogen) atoms. The summed E-state index contributed by atoms with van der Waals surface area (Å²) in [6.45, 7) is 6.78. The van der Waals surface area contributed by atoms with Gasteiger partial charge in [0.15, 0.2) is 0 Å². The maximum atomic E-state index is 4.57. The SMILES string of the molecule is CC1=NC2C(C)[C@H](C)C2S1. The first-order valence-electron chi connectivity index (χ1n) is 3.91. The molecule has 1 aliphatic heterocycles. The standard InChI is InChI=1S/C8H13NS/c1-4-5(2)8-7(4)9-6(3)10-8/h4-5,7-8H,1-3H3/t4?,5-,7?,8?/m0/s1. The molecule has 0 aromatic carbocycles. The molecular weight excluding hydrogens is 142 g/mol. The third-order valence-electron chi connectivity index (χ3n) is 2.86. The van der Waals surface area contributed by atoms with Crippen LogP contribution in [0.3, 0.4) is 0 Å². The minimum Gasteiger partial charge on any atom is -0.278 e. The van der Waals surface area contributed by atoms with Gasteiger partial charge in [0.2, 0.25) is 0 Å². The summed E-state index contributed by atoms with van der Waals surface area (Å²) >= 11 is 1.98. The van der Waals surface area contributed by atoms with E-state index in [4.69, 9.17) is 0 Å². The van der Waals surface area contributed by atoms with Gasteiger partial charge in [-0.15, -0.1) is 11.8 Å². The topological polar surface area (TPSA) is 12.4 Å². The largest absolute Gasteiger partial charge is 0.278 e. The predicted octanol–water partition coefficient (Wildman–Crippen LogP) is 2.17. The van der Waals surface area contributed by atoms with Crippen molar-refractivity contribution in [3.05, 3.63) is 0 Å². The van der Waals surface area contributed by atoms with Crippen molar-refractivity contribution >= 4 is 16.8 Å². The van der Waals surface area contributed by atoms with E-state index < -0.39 is 0 Å². The molecule has 0 aromatic heterocycles. The van der Waals surface area contributed by atoms with Crippen LogP contribution in [0.4, 0.5) is 0 Å². The molecule has 0 radical (unpaired) electrons. The Morgan fingerprint density at radius 3 is 2.60 bits per heavy atom. The molecule has 1 heterocycles. The highest BCUT2D eigenvalue weighted by Gasteiger charge is 2.48. The van der Waals surface area contributed by atoms with E-state index in [1.54, 1.807) is 0 Å². The second kappa shape index (κ2) is 2.00. The van der Waals surface area contributed by atoms with E-state index in [1.807, 2.05) is 11.8 Å². The van der Waals surface area contributed by atoms with Crippen molar-refractivity contribution < 1.29 is 0 Å². The number of aliphatic imine (C=N–C) groups is 1. The van der Waals surface area contributed by atoms with Crippen molar-refractivity contribution in [2.45, 2.75) is 32.1 Å². The number of nitrogens with zero attached hydrogens (tertiary/aromatic N) is 1. The van der Waals surface area contributed by atoms with Crippen molar-refractivity contribution in [2.75, 3.05) is 0 Å². The fraction of sp³-hybridized carbons (Fsp3) is 0.875. The van der Waals surface area contributed by atoms with Crippen LogP contribution in [0.5, 0.6) is 0 Å². The fourth-order valence-corrected chi connectivity index (χ4v) is 3.37. The third-order valence-corrected chi connectivity index (χ3v) is 4.29. The van der Waals surface area contributed by atoms with Gasteiger partial charge < -0.3 is 0 Å². The van der Waals surface area contributed by atoms with Gasteiger partial charge in [-0.25, -0.2) is 0 Å². The molecule has 0 spiro atoms. The van der Waals surface area contributed by atoms with E-state index in [-0.39, 0.29) is 0 Å². The number of fused-ring (bicyclic) bond motifs is 1. The van der Waals surface area contributed by atoms with E-state index in [2.05, 4.69) is 25.8 Å². The van der Waals surface area contributed by atoms with Crippen LogP contribution in [0.25, 0.3) is 0 Å². The molecule has 1 fully saturated rings. The number of hydrogen-bond acceptors (Lipinski definition) is 2. The van der Waals surface area contributed by atoms with Gasteiger partial charge in [-0.2, -0.15) is 0 Å². The van der Waals surface area contributed by atoms with Crippen LogP contribution in [0.1, 0.15) is 20.8 Å². The van der Waals surface area contributed by atoms with Crippen LogP contribution >= 0.6 is 11.8 Å². The Kier molecular flexibility index (Phi) is 1.34. The smallest absolute Gasteiger partial charge is 0.0662 e. The summed E-state index contributed by atoms with van der Waals surface area (Å²) in [5.41, 5.74) is 0. The maximum absolute atomic E-state index is 4.57. The van der Waals surface area contributed by atoms with Crippen molar-refractivity contribution in [2.24, 2.45) is 16.8 Å². The molecule has 1 nitrogen and oxygen atoms in total.